The molecule has 0 aliphatic heterocycles. The summed E-state index contributed by atoms with van der Waals surface area (Å²) >= 11 is 0. The van der Waals surface area contributed by atoms with E-state index in [2.05, 4.69) is 228 Å². The third-order valence-electron chi connectivity index (χ3n) is 14.9. The van der Waals surface area contributed by atoms with Crippen molar-refractivity contribution in [3.8, 4) is 78.4 Å². The van der Waals surface area contributed by atoms with Gasteiger partial charge in [-0.3, -0.25) is 0 Å². The van der Waals surface area contributed by atoms with Gasteiger partial charge in [-0.05, 0) is 105 Å². The summed E-state index contributed by atoms with van der Waals surface area (Å²) in [7, 11) is 0. The fraction of sp³-hybridized carbons (Fsp3) is 0.0938. The number of hydrogen-bond donors (Lipinski definition) is 0. The van der Waals surface area contributed by atoms with Crippen LogP contribution in [0.1, 0.15) is 49.9 Å². The highest BCUT2D eigenvalue weighted by Crippen LogP contribution is 2.56. The minimum atomic E-state index is -0.131. The molecular formula is C64H46N2. The standard InChI is InChI=1S/C64H46N2/c1-63(2)54-29-15-14-26-51(54)60-52(28-17-30-55(60)63)58-38-57(65-62(66-58)40-19-6-5-7-20-40)49-37-36-47(44-24-12-13-25-45(44)49)46-34-35-48(43-23-11-10-22-42(43)46)50-27-16-31-56-59(50)53-33-32-39-18-8-9-21-41(39)61(53)64(56,3)4/h5-38H,1-4H3. The third-order valence-corrected chi connectivity index (χ3v) is 14.9. The van der Waals surface area contributed by atoms with E-state index >= 15 is 0 Å². The molecule has 2 aliphatic carbocycles. The Hall–Kier alpha value is -7.94. The summed E-state index contributed by atoms with van der Waals surface area (Å²) in [5.41, 5.74) is 20.4. The summed E-state index contributed by atoms with van der Waals surface area (Å²) in [5, 5.41) is 7.45. The van der Waals surface area contributed by atoms with E-state index in [1.54, 1.807) is 0 Å². The van der Waals surface area contributed by atoms with Gasteiger partial charge in [0.15, 0.2) is 5.82 Å². The first kappa shape index (κ1) is 38.5. The summed E-state index contributed by atoms with van der Waals surface area (Å²) in [5.74, 6) is 0.715. The van der Waals surface area contributed by atoms with E-state index in [9.17, 15) is 0 Å². The van der Waals surface area contributed by atoms with Gasteiger partial charge in [-0.15, -0.1) is 0 Å². The summed E-state index contributed by atoms with van der Waals surface area (Å²) in [6.45, 7) is 9.45. The number of rotatable bonds is 5. The molecule has 10 aromatic carbocycles. The SMILES string of the molecule is CC1(C)c2ccccc2-c2c(-c3cc(-c4ccc(-c5ccc(-c6cccc7c6-c6ccc8ccccc8c6C7(C)C)c6ccccc56)c5ccccc45)nc(-c4ccccc4)n3)cccc21. The molecule has 0 saturated carbocycles. The van der Waals surface area contributed by atoms with Crippen LogP contribution in [0.3, 0.4) is 0 Å². The van der Waals surface area contributed by atoms with Crippen LogP contribution in [0.5, 0.6) is 0 Å². The van der Waals surface area contributed by atoms with Crippen molar-refractivity contribution in [2.45, 2.75) is 38.5 Å². The molecule has 1 aromatic heterocycles. The lowest BCUT2D eigenvalue weighted by Crippen LogP contribution is -2.15. The van der Waals surface area contributed by atoms with E-state index in [0.717, 1.165) is 33.5 Å². The van der Waals surface area contributed by atoms with Gasteiger partial charge in [0.05, 0.1) is 11.4 Å². The zero-order valence-corrected chi connectivity index (χ0v) is 37.5. The van der Waals surface area contributed by atoms with Crippen LogP contribution in [0.15, 0.2) is 206 Å². The van der Waals surface area contributed by atoms with E-state index in [4.69, 9.17) is 9.97 Å². The number of benzene rings is 10. The second-order valence-electron chi connectivity index (χ2n) is 19.2. The molecule has 13 rings (SSSR count). The molecule has 0 radical (unpaired) electrons. The monoisotopic (exact) mass is 842 g/mol. The van der Waals surface area contributed by atoms with Gasteiger partial charge in [0.1, 0.15) is 0 Å². The van der Waals surface area contributed by atoms with E-state index in [-0.39, 0.29) is 10.8 Å². The molecule has 0 N–H and O–H groups in total. The highest BCUT2D eigenvalue weighted by molar-refractivity contribution is 6.14. The Morgan fingerprint density at radius 3 is 1.44 bits per heavy atom. The minimum absolute atomic E-state index is 0.118. The largest absolute Gasteiger partial charge is 0.228 e. The van der Waals surface area contributed by atoms with Crippen molar-refractivity contribution in [2.24, 2.45) is 0 Å². The highest BCUT2D eigenvalue weighted by atomic mass is 14.9. The maximum Gasteiger partial charge on any atom is 0.160 e. The van der Waals surface area contributed by atoms with Gasteiger partial charge in [-0.2, -0.15) is 0 Å². The number of aromatic nitrogens is 2. The van der Waals surface area contributed by atoms with Crippen molar-refractivity contribution >= 4 is 32.3 Å². The van der Waals surface area contributed by atoms with Crippen molar-refractivity contribution < 1.29 is 0 Å². The van der Waals surface area contributed by atoms with Crippen molar-refractivity contribution in [1.82, 2.24) is 9.97 Å². The molecular weight excluding hydrogens is 797 g/mol. The first-order valence-corrected chi connectivity index (χ1v) is 23.2. The average Bonchev–Trinajstić information content (AvgIpc) is 3.76. The van der Waals surface area contributed by atoms with Gasteiger partial charge in [0.25, 0.3) is 0 Å². The lowest BCUT2D eigenvalue weighted by atomic mass is 9.80. The molecule has 0 bridgehead atoms. The van der Waals surface area contributed by atoms with E-state index in [0.29, 0.717) is 5.82 Å². The van der Waals surface area contributed by atoms with Gasteiger partial charge < -0.3 is 0 Å². The lowest BCUT2D eigenvalue weighted by molar-refractivity contribution is 0.660. The lowest BCUT2D eigenvalue weighted by Gasteiger charge is -2.23. The highest BCUT2D eigenvalue weighted by Gasteiger charge is 2.39. The van der Waals surface area contributed by atoms with Crippen LogP contribution >= 0.6 is 0 Å². The molecule has 66 heavy (non-hydrogen) atoms. The van der Waals surface area contributed by atoms with E-state index in [1.807, 2.05) is 6.07 Å². The maximum atomic E-state index is 5.37. The quantitative estimate of drug-likeness (QED) is 0.172. The second-order valence-corrected chi connectivity index (χ2v) is 19.2. The molecule has 0 unspecified atom stereocenters. The third kappa shape index (κ3) is 5.55. The Kier molecular flexibility index (Phi) is 8.33. The molecule has 11 aromatic rings. The van der Waals surface area contributed by atoms with Crippen LogP contribution in [0.25, 0.3) is 111 Å². The smallest absolute Gasteiger partial charge is 0.160 e. The molecule has 0 atom stereocenters. The minimum Gasteiger partial charge on any atom is -0.228 e. The van der Waals surface area contributed by atoms with Gasteiger partial charge in [-0.1, -0.05) is 228 Å². The van der Waals surface area contributed by atoms with Crippen LogP contribution < -0.4 is 0 Å². The van der Waals surface area contributed by atoms with E-state index in [1.165, 1.54) is 93.7 Å². The van der Waals surface area contributed by atoms with Crippen molar-refractivity contribution in [1.29, 1.82) is 0 Å². The Morgan fingerprint density at radius 2 is 0.758 bits per heavy atom. The first-order chi connectivity index (χ1) is 32.3. The average molecular weight is 843 g/mol. The van der Waals surface area contributed by atoms with Crippen molar-refractivity contribution in [2.75, 3.05) is 0 Å². The van der Waals surface area contributed by atoms with Gasteiger partial charge >= 0.3 is 0 Å². The van der Waals surface area contributed by atoms with Gasteiger partial charge in [0.2, 0.25) is 0 Å². The first-order valence-electron chi connectivity index (χ1n) is 23.2. The van der Waals surface area contributed by atoms with Crippen LogP contribution in [0, 0.1) is 0 Å². The fourth-order valence-electron chi connectivity index (χ4n) is 11.8. The molecule has 2 heteroatoms. The predicted molar refractivity (Wildman–Crippen MR) is 277 cm³/mol. The Balaban J connectivity index is 0.985. The predicted octanol–water partition coefficient (Wildman–Crippen LogP) is 16.9. The molecule has 0 spiro atoms. The Bertz CT molecular complexity index is 3820. The molecule has 2 nitrogen and oxygen atoms in total. The van der Waals surface area contributed by atoms with Gasteiger partial charge in [-0.25, -0.2) is 9.97 Å². The maximum absolute atomic E-state index is 5.37. The zero-order chi connectivity index (χ0) is 44.3. The normalized spacial score (nSPS) is 14.0. The molecule has 1 heterocycles. The zero-order valence-electron chi connectivity index (χ0n) is 37.5. The van der Waals surface area contributed by atoms with Crippen LogP contribution in [0.4, 0.5) is 0 Å². The Labute approximate surface area is 385 Å². The topological polar surface area (TPSA) is 25.8 Å². The van der Waals surface area contributed by atoms with Crippen LogP contribution in [0.2, 0.25) is 0 Å². The number of hydrogen-bond acceptors (Lipinski definition) is 2. The Morgan fingerprint density at radius 1 is 0.303 bits per heavy atom. The van der Waals surface area contributed by atoms with Crippen LogP contribution in [-0.2, 0) is 10.8 Å². The number of fused-ring (bicyclic) bond motifs is 10. The van der Waals surface area contributed by atoms with Crippen molar-refractivity contribution in [3.05, 3.63) is 229 Å². The van der Waals surface area contributed by atoms with E-state index < -0.39 is 0 Å². The van der Waals surface area contributed by atoms with Crippen molar-refractivity contribution in [3.63, 3.8) is 0 Å². The summed E-state index contributed by atoms with van der Waals surface area (Å²) < 4.78 is 0. The van der Waals surface area contributed by atoms with Crippen LogP contribution in [-0.4, -0.2) is 9.97 Å². The van der Waals surface area contributed by atoms with Gasteiger partial charge in [0, 0.05) is 27.5 Å². The molecule has 0 amide bonds. The fourth-order valence-corrected chi connectivity index (χ4v) is 11.8. The molecule has 312 valence electrons. The second kappa shape index (κ2) is 14.3. The molecule has 2 aliphatic rings. The molecule has 0 fully saturated rings. The molecule has 0 saturated heterocycles. The number of nitrogens with zero attached hydrogens (tertiary/aromatic N) is 2. The summed E-state index contributed by atoms with van der Waals surface area (Å²) in [6, 6.07) is 75.7. The summed E-state index contributed by atoms with van der Waals surface area (Å²) in [4.78, 5) is 10.7. The summed E-state index contributed by atoms with van der Waals surface area (Å²) in [6.07, 6.45) is 0.